The largest absolute Gasteiger partial charge is 0.490 e. The highest BCUT2D eigenvalue weighted by Gasteiger charge is 2.12. The number of aryl methyl sites for hydroxylation is 1. The molecule has 1 aromatic carbocycles. The summed E-state index contributed by atoms with van der Waals surface area (Å²) >= 11 is 0. The predicted molar refractivity (Wildman–Crippen MR) is 74.4 cm³/mol. The Bertz CT molecular complexity index is 388. The minimum Gasteiger partial charge on any atom is -0.490 e. The summed E-state index contributed by atoms with van der Waals surface area (Å²) in [6.45, 7) is 7.88. The summed E-state index contributed by atoms with van der Waals surface area (Å²) in [5.74, 6) is 0.601. The van der Waals surface area contributed by atoms with Crippen molar-refractivity contribution in [3.05, 3.63) is 29.3 Å². The minimum atomic E-state index is -0.675. The van der Waals surface area contributed by atoms with Crippen LogP contribution >= 0.6 is 0 Å². The van der Waals surface area contributed by atoms with Crippen LogP contribution in [0.5, 0.6) is 5.75 Å². The molecule has 0 heterocycles. The van der Waals surface area contributed by atoms with Gasteiger partial charge in [0, 0.05) is 5.56 Å². The van der Waals surface area contributed by atoms with E-state index in [1.165, 1.54) is 0 Å². The summed E-state index contributed by atoms with van der Waals surface area (Å²) in [5.41, 5.74) is 1.80. The van der Waals surface area contributed by atoms with Crippen molar-refractivity contribution in [1.29, 1.82) is 0 Å². The Morgan fingerprint density at radius 3 is 2.37 bits per heavy atom. The fourth-order valence-electron chi connectivity index (χ4n) is 1.66. The van der Waals surface area contributed by atoms with Gasteiger partial charge in [-0.2, -0.15) is 0 Å². The molecule has 4 heteroatoms. The molecule has 0 fully saturated rings. The van der Waals surface area contributed by atoms with Crippen LogP contribution in [-0.4, -0.2) is 35.6 Å². The van der Waals surface area contributed by atoms with Gasteiger partial charge in [-0.25, -0.2) is 0 Å². The van der Waals surface area contributed by atoms with E-state index in [0.717, 1.165) is 11.1 Å². The molecular formula is C15H24O4. The molecule has 1 unspecified atom stereocenters. The standard InChI is InChI=1S/C15H24O4/c1-10(2)18-8-13(17)9-19-15-6-5-11(3)7-14(15)12(4)16/h5-7,10,12-13,16-17H,8-9H2,1-4H3/t12-,13?/m1/s1. The third-order valence-electron chi connectivity index (χ3n) is 2.67. The molecule has 0 aliphatic heterocycles. The Morgan fingerprint density at radius 2 is 1.79 bits per heavy atom. The lowest BCUT2D eigenvalue weighted by Gasteiger charge is -2.17. The molecule has 19 heavy (non-hydrogen) atoms. The van der Waals surface area contributed by atoms with Crippen molar-refractivity contribution in [3.8, 4) is 5.75 Å². The first-order valence-corrected chi connectivity index (χ1v) is 6.61. The quantitative estimate of drug-likeness (QED) is 0.796. The maximum atomic E-state index is 9.73. The van der Waals surface area contributed by atoms with Crippen molar-refractivity contribution in [2.24, 2.45) is 0 Å². The van der Waals surface area contributed by atoms with E-state index in [-0.39, 0.29) is 19.3 Å². The number of benzene rings is 1. The van der Waals surface area contributed by atoms with Crippen LogP contribution in [0.1, 0.15) is 38.0 Å². The summed E-state index contributed by atoms with van der Waals surface area (Å²) in [5, 5.41) is 19.4. The predicted octanol–water partition coefficient (Wildman–Crippen LogP) is 2.21. The fourth-order valence-corrected chi connectivity index (χ4v) is 1.66. The maximum Gasteiger partial charge on any atom is 0.125 e. The summed E-state index contributed by atoms with van der Waals surface area (Å²) in [6.07, 6.45) is -1.19. The van der Waals surface area contributed by atoms with Gasteiger partial charge in [0.1, 0.15) is 18.5 Å². The lowest BCUT2D eigenvalue weighted by molar-refractivity contribution is -0.0126. The zero-order valence-corrected chi connectivity index (χ0v) is 12.1. The second kappa shape index (κ2) is 7.48. The smallest absolute Gasteiger partial charge is 0.125 e. The van der Waals surface area contributed by atoms with Crippen molar-refractivity contribution in [2.45, 2.75) is 46.0 Å². The highest BCUT2D eigenvalue weighted by Crippen LogP contribution is 2.26. The van der Waals surface area contributed by atoms with E-state index >= 15 is 0 Å². The molecule has 1 rings (SSSR count). The molecule has 0 amide bonds. The summed E-state index contributed by atoms with van der Waals surface area (Å²) in [7, 11) is 0. The summed E-state index contributed by atoms with van der Waals surface area (Å²) < 4.78 is 10.9. The van der Waals surface area contributed by atoms with Gasteiger partial charge in [-0.1, -0.05) is 11.6 Å². The monoisotopic (exact) mass is 268 g/mol. The molecule has 0 saturated carbocycles. The SMILES string of the molecule is Cc1ccc(OCC(O)COC(C)C)c([C@@H](C)O)c1. The van der Waals surface area contributed by atoms with E-state index in [1.54, 1.807) is 6.92 Å². The van der Waals surface area contributed by atoms with Crippen molar-refractivity contribution in [1.82, 2.24) is 0 Å². The Hall–Kier alpha value is -1.10. The van der Waals surface area contributed by atoms with Gasteiger partial charge < -0.3 is 19.7 Å². The fraction of sp³-hybridized carbons (Fsp3) is 0.600. The highest BCUT2D eigenvalue weighted by atomic mass is 16.5. The third-order valence-corrected chi connectivity index (χ3v) is 2.67. The Kier molecular flexibility index (Phi) is 6.28. The van der Waals surface area contributed by atoms with E-state index in [2.05, 4.69) is 0 Å². The van der Waals surface area contributed by atoms with Gasteiger partial charge >= 0.3 is 0 Å². The molecule has 0 aliphatic rings. The van der Waals surface area contributed by atoms with Crippen LogP contribution < -0.4 is 4.74 Å². The van der Waals surface area contributed by atoms with Gasteiger partial charge in [0.25, 0.3) is 0 Å². The van der Waals surface area contributed by atoms with Crippen LogP contribution in [0.4, 0.5) is 0 Å². The van der Waals surface area contributed by atoms with Crippen LogP contribution in [0.3, 0.4) is 0 Å². The molecule has 2 atom stereocenters. The Balaban J connectivity index is 2.57. The van der Waals surface area contributed by atoms with Crippen molar-refractivity contribution in [2.75, 3.05) is 13.2 Å². The van der Waals surface area contributed by atoms with E-state index in [1.807, 2.05) is 39.0 Å². The van der Waals surface area contributed by atoms with Gasteiger partial charge in [-0.15, -0.1) is 0 Å². The molecule has 0 spiro atoms. The van der Waals surface area contributed by atoms with Gasteiger partial charge in [0.2, 0.25) is 0 Å². The van der Waals surface area contributed by atoms with Crippen LogP contribution in [0.25, 0.3) is 0 Å². The number of ether oxygens (including phenoxy) is 2. The molecule has 2 N–H and O–H groups in total. The minimum absolute atomic E-state index is 0.0852. The maximum absolute atomic E-state index is 9.73. The molecule has 0 bridgehead atoms. The van der Waals surface area contributed by atoms with E-state index in [0.29, 0.717) is 5.75 Å². The molecule has 0 aliphatic carbocycles. The molecule has 0 saturated heterocycles. The number of rotatable bonds is 7. The molecule has 1 aromatic rings. The number of hydrogen-bond acceptors (Lipinski definition) is 4. The molecule has 108 valence electrons. The van der Waals surface area contributed by atoms with E-state index in [4.69, 9.17) is 9.47 Å². The second-order valence-electron chi connectivity index (χ2n) is 5.06. The zero-order valence-electron chi connectivity index (χ0n) is 12.1. The van der Waals surface area contributed by atoms with Gasteiger partial charge in [0.15, 0.2) is 0 Å². The van der Waals surface area contributed by atoms with E-state index in [9.17, 15) is 10.2 Å². The molecule has 0 radical (unpaired) electrons. The van der Waals surface area contributed by atoms with Crippen molar-refractivity contribution < 1.29 is 19.7 Å². The van der Waals surface area contributed by atoms with Crippen LogP contribution in [0.15, 0.2) is 18.2 Å². The number of aliphatic hydroxyl groups is 2. The van der Waals surface area contributed by atoms with Crippen LogP contribution in [0, 0.1) is 6.92 Å². The summed E-state index contributed by atoms with van der Waals surface area (Å²) in [6, 6.07) is 5.61. The Morgan fingerprint density at radius 1 is 1.11 bits per heavy atom. The lowest BCUT2D eigenvalue weighted by Crippen LogP contribution is -2.25. The average molecular weight is 268 g/mol. The lowest BCUT2D eigenvalue weighted by atomic mass is 10.1. The van der Waals surface area contributed by atoms with E-state index < -0.39 is 12.2 Å². The first kappa shape index (κ1) is 16.0. The van der Waals surface area contributed by atoms with Crippen molar-refractivity contribution in [3.63, 3.8) is 0 Å². The number of aliphatic hydroxyl groups excluding tert-OH is 2. The van der Waals surface area contributed by atoms with Gasteiger partial charge in [-0.3, -0.25) is 0 Å². The normalized spacial score (nSPS) is 14.5. The van der Waals surface area contributed by atoms with Gasteiger partial charge in [0.05, 0.1) is 18.8 Å². The molecule has 0 aromatic heterocycles. The number of hydrogen-bond donors (Lipinski definition) is 2. The zero-order chi connectivity index (χ0) is 14.4. The molecule has 4 nitrogen and oxygen atoms in total. The summed E-state index contributed by atoms with van der Waals surface area (Å²) in [4.78, 5) is 0. The van der Waals surface area contributed by atoms with Gasteiger partial charge in [-0.05, 0) is 39.8 Å². The van der Waals surface area contributed by atoms with Crippen molar-refractivity contribution >= 4 is 0 Å². The first-order chi connectivity index (χ1) is 8.90. The molecular weight excluding hydrogens is 244 g/mol. The third kappa shape index (κ3) is 5.59. The Labute approximate surface area is 115 Å². The van der Waals surface area contributed by atoms with Crippen LogP contribution in [0.2, 0.25) is 0 Å². The van der Waals surface area contributed by atoms with Crippen LogP contribution in [-0.2, 0) is 4.74 Å². The topological polar surface area (TPSA) is 58.9 Å². The highest BCUT2D eigenvalue weighted by molar-refractivity contribution is 5.38. The average Bonchev–Trinajstić information content (AvgIpc) is 2.34. The second-order valence-corrected chi connectivity index (χ2v) is 5.06. The first-order valence-electron chi connectivity index (χ1n) is 6.61.